The minimum atomic E-state index is -0.939. The zero-order valence-corrected chi connectivity index (χ0v) is 14.7. The van der Waals surface area contributed by atoms with Gasteiger partial charge in [0.1, 0.15) is 6.54 Å². The van der Waals surface area contributed by atoms with E-state index in [-0.39, 0.29) is 12.5 Å². The molecule has 1 aromatic rings. The van der Waals surface area contributed by atoms with Crippen LogP contribution < -0.4 is 10.6 Å². The Balaban J connectivity index is 1.75. The van der Waals surface area contributed by atoms with Crippen LogP contribution in [-0.4, -0.2) is 68.3 Å². The molecule has 1 amide bonds. The van der Waals surface area contributed by atoms with Gasteiger partial charge in [-0.05, 0) is 43.5 Å². The molecule has 1 unspecified atom stereocenters. The second-order valence-corrected chi connectivity index (χ2v) is 6.34. The lowest BCUT2D eigenvalue weighted by Crippen LogP contribution is -2.31. The number of methoxy groups -OCH3 is 1. The molecule has 1 aromatic carbocycles. The SMILES string of the molecule is COCCCN1CCC(CNC(=O)c2cccc(NCC(=O)O)c2)C1. The molecule has 0 spiro atoms. The van der Waals surface area contributed by atoms with Crippen LogP contribution in [0.25, 0.3) is 0 Å². The lowest BCUT2D eigenvalue weighted by Gasteiger charge is -2.16. The maximum atomic E-state index is 12.3. The molecule has 7 nitrogen and oxygen atoms in total. The number of benzene rings is 1. The van der Waals surface area contributed by atoms with Gasteiger partial charge in [0.2, 0.25) is 0 Å². The molecule has 1 atom stereocenters. The Hall–Kier alpha value is -2.12. The second-order valence-electron chi connectivity index (χ2n) is 6.34. The zero-order valence-electron chi connectivity index (χ0n) is 14.7. The van der Waals surface area contributed by atoms with Crippen LogP contribution in [0.15, 0.2) is 24.3 Å². The predicted molar refractivity (Wildman–Crippen MR) is 95.9 cm³/mol. The molecule has 2 rings (SSSR count). The molecule has 1 saturated heterocycles. The number of carboxylic acid groups (broad SMARTS) is 1. The number of likely N-dealkylation sites (tertiary alicyclic amines) is 1. The van der Waals surface area contributed by atoms with E-state index in [1.54, 1.807) is 31.4 Å². The fourth-order valence-electron chi connectivity index (χ4n) is 3.00. The average molecular weight is 349 g/mol. The van der Waals surface area contributed by atoms with Crippen molar-refractivity contribution < 1.29 is 19.4 Å². The highest BCUT2D eigenvalue weighted by Gasteiger charge is 2.22. The van der Waals surface area contributed by atoms with Crippen molar-refractivity contribution in [2.75, 3.05) is 51.8 Å². The number of anilines is 1. The van der Waals surface area contributed by atoms with E-state index in [1.807, 2.05) is 0 Å². The Labute approximate surface area is 148 Å². The maximum Gasteiger partial charge on any atom is 0.322 e. The van der Waals surface area contributed by atoms with Crippen molar-refractivity contribution in [2.24, 2.45) is 5.92 Å². The molecular formula is C18H27N3O4. The summed E-state index contributed by atoms with van der Waals surface area (Å²) in [6.45, 7) is 4.38. The number of ether oxygens (including phenoxy) is 1. The van der Waals surface area contributed by atoms with Gasteiger partial charge in [0, 0.05) is 44.6 Å². The first-order valence-electron chi connectivity index (χ1n) is 8.63. The van der Waals surface area contributed by atoms with Crippen LogP contribution in [0.3, 0.4) is 0 Å². The summed E-state index contributed by atoms with van der Waals surface area (Å²) < 4.78 is 5.08. The van der Waals surface area contributed by atoms with Gasteiger partial charge in [-0.25, -0.2) is 0 Å². The Morgan fingerprint density at radius 3 is 3.00 bits per heavy atom. The van der Waals surface area contributed by atoms with Crippen molar-refractivity contribution in [3.8, 4) is 0 Å². The van der Waals surface area contributed by atoms with Gasteiger partial charge in [0.05, 0.1) is 0 Å². The highest BCUT2D eigenvalue weighted by atomic mass is 16.5. The monoisotopic (exact) mass is 349 g/mol. The predicted octanol–water partition coefficient (Wildman–Crippen LogP) is 1.27. The van der Waals surface area contributed by atoms with Crippen molar-refractivity contribution in [3.05, 3.63) is 29.8 Å². The van der Waals surface area contributed by atoms with Gasteiger partial charge in [-0.2, -0.15) is 0 Å². The Bertz CT molecular complexity index is 579. The van der Waals surface area contributed by atoms with Gasteiger partial charge < -0.3 is 25.4 Å². The van der Waals surface area contributed by atoms with Crippen molar-refractivity contribution >= 4 is 17.6 Å². The van der Waals surface area contributed by atoms with Gasteiger partial charge in [-0.1, -0.05) is 6.07 Å². The Morgan fingerprint density at radius 1 is 1.40 bits per heavy atom. The molecule has 1 fully saturated rings. The summed E-state index contributed by atoms with van der Waals surface area (Å²) in [5.41, 5.74) is 1.16. The third kappa shape index (κ3) is 6.72. The molecule has 3 N–H and O–H groups in total. The number of carbonyl (C=O) groups is 2. The molecule has 25 heavy (non-hydrogen) atoms. The van der Waals surface area contributed by atoms with Crippen LogP contribution in [0.2, 0.25) is 0 Å². The van der Waals surface area contributed by atoms with Crippen LogP contribution in [-0.2, 0) is 9.53 Å². The number of nitrogens with one attached hydrogen (secondary N) is 2. The third-order valence-corrected chi connectivity index (χ3v) is 4.31. The molecule has 0 aliphatic carbocycles. The fourth-order valence-corrected chi connectivity index (χ4v) is 3.00. The van der Waals surface area contributed by atoms with Gasteiger partial charge in [0.15, 0.2) is 0 Å². The van der Waals surface area contributed by atoms with E-state index in [0.29, 0.717) is 23.7 Å². The quantitative estimate of drug-likeness (QED) is 0.551. The summed E-state index contributed by atoms with van der Waals surface area (Å²) in [4.78, 5) is 25.3. The molecule has 0 aromatic heterocycles. The summed E-state index contributed by atoms with van der Waals surface area (Å²) in [6, 6.07) is 6.89. The highest BCUT2D eigenvalue weighted by molar-refractivity contribution is 5.95. The summed E-state index contributed by atoms with van der Waals surface area (Å²) >= 11 is 0. The van der Waals surface area contributed by atoms with Gasteiger partial charge in [-0.15, -0.1) is 0 Å². The molecule has 7 heteroatoms. The molecule has 0 radical (unpaired) electrons. The van der Waals surface area contributed by atoms with Crippen molar-refractivity contribution in [1.82, 2.24) is 10.2 Å². The third-order valence-electron chi connectivity index (χ3n) is 4.31. The standard InChI is InChI=1S/C18H27N3O4/c1-25-9-3-7-21-8-6-14(13-21)11-20-18(24)15-4-2-5-16(10-15)19-12-17(22)23/h2,4-5,10,14,19H,3,6-9,11-13H2,1H3,(H,20,24)(H,22,23). The maximum absolute atomic E-state index is 12.3. The molecule has 138 valence electrons. The molecule has 0 bridgehead atoms. The Morgan fingerprint density at radius 2 is 2.24 bits per heavy atom. The first kappa shape index (κ1) is 19.2. The van der Waals surface area contributed by atoms with Crippen LogP contribution in [0.1, 0.15) is 23.2 Å². The summed E-state index contributed by atoms with van der Waals surface area (Å²) in [5.74, 6) is -0.595. The van der Waals surface area contributed by atoms with E-state index < -0.39 is 5.97 Å². The normalized spacial score (nSPS) is 17.4. The van der Waals surface area contributed by atoms with Gasteiger partial charge in [0.25, 0.3) is 5.91 Å². The van der Waals surface area contributed by atoms with Crippen molar-refractivity contribution in [1.29, 1.82) is 0 Å². The fraction of sp³-hybridized carbons (Fsp3) is 0.556. The van der Waals surface area contributed by atoms with Gasteiger partial charge >= 0.3 is 5.97 Å². The number of hydrogen-bond acceptors (Lipinski definition) is 5. The van der Waals surface area contributed by atoms with Gasteiger partial charge in [-0.3, -0.25) is 9.59 Å². The number of aliphatic carboxylic acids is 1. The number of hydrogen-bond donors (Lipinski definition) is 3. The number of carbonyl (C=O) groups excluding carboxylic acids is 1. The molecule has 1 aliphatic heterocycles. The summed E-state index contributed by atoms with van der Waals surface area (Å²) in [6.07, 6.45) is 2.12. The van der Waals surface area contributed by atoms with E-state index >= 15 is 0 Å². The summed E-state index contributed by atoms with van der Waals surface area (Å²) in [5, 5.41) is 14.5. The lowest BCUT2D eigenvalue weighted by atomic mass is 10.1. The van der Waals surface area contributed by atoms with Crippen molar-refractivity contribution in [2.45, 2.75) is 12.8 Å². The van der Waals surface area contributed by atoms with E-state index in [0.717, 1.165) is 39.1 Å². The first-order chi connectivity index (χ1) is 12.1. The number of rotatable bonds is 10. The number of nitrogens with zero attached hydrogens (tertiary/aromatic N) is 1. The molecular weight excluding hydrogens is 322 g/mol. The molecule has 1 heterocycles. The van der Waals surface area contributed by atoms with E-state index in [2.05, 4.69) is 15.5 Å². The minimum absolute atomic E-state index is 0.128. The summed E-state index contributed by atoms with van der Waals surface area (Å²) in [7, 11) is 1.72. The first-order valence-corrected chi connectivity index (χ1v) is 8.63. The Kier molecular flexibility index (Phi) is 7.69. The van der Waals surface area contributed by atoms with Crippen LogP contribution in [0.4, 0.5) is 5.69 Å². The topological polar surface area (TPSA) is 90.9 Å². The van der Waals surface area contributed by atoms with E-state index in [9.17, 15) is 9.59 Å². The molecule has 1 aliphatic rings. The number of carboxylic acids is 1. The largest absolute Gasteiger partial charge is 0.480 e. The van der Waals surface area contributed by atoms with Crippen molar-refractivity contribution in [3.63, 3.8) is 0 Å². The average Bonchev–Trinajstić information content (AvgIpc) is 3.06. The second kappa shape index (κ2) is 10.0. The number of amides is 1. The molecule has 0 saturated carbocycles. The van der Waals surface area contributed by atoms with Crippen LogP contribution in [0, 0.1) is 5.92 Å². The smallest absolute Gasteiger partial charge is 0.322 e. The zero-order chi connectivity index (χ0) is 18.1. The lowest BCUT2D eigenvalue weighted by molar-refractivity contribution is -0.134. The van der Waals surface area contributed by atoms with Crippen LogP contribution >= 0.6 is 0 Å². The van der Waals surface area contributed by atoms with Crippen LogP contribution in [0.5, 0.6) is 0 Å². The van der Waals surface area contributed by atoms with E-state index in [1.165, 1.54) is 0 Å². The minimum Gasteiger partial charge on any atom is -0.480 e. The van der Waals surface area contributed by atoms with E-state index in [4.69, 9.17) is 9.84 Å². The highest BCUT2D eigenvalue weighted by Crippen LogP contribution is 2.16.